The van der Waals surface area contributed by atoms with Gasteiger partial charge in [-0.2, -0.15) is 0 Å². The number of rotatable bonds is 14. The lowest BCUT2D eigenvalue weighted by molar-refractivity contribution is 0.291. The molecule has 0 bridgehead atoms. The molecule has 5 aromatic rings. The number of hydrogen-bond donors (Lipinski definition) is 5. The Morgan fingerprint density at radius 1 is 0.870 bits per heavy atom. The van der Waals surface area contributed by atoms with Crippen molar-refractivity contribution in [3.05, 3.63) is 113 Å². The molecule has 5 rings (SSSR count). The van der Waals surface area contributed by atoms with Crippen molar-refractivity contribution >= 4 is 34.3 Å². The fourth-order valence-electron chi connectivity index (χ4n) is 5.46. The van der Waals surface area contributed by atoms with Crippen LogP contribution in [0.2, 0.25) is 0 Å². The largest absolute Gasteiger partial charge is 0.496 e. The summed E-state index contributed by atoms with van der Waals surface area (Å²) < 4.78 is 21.1. The molecule has 8 nitrogen and oxygen atoms in total. The van der Waals surface area contributed by atoms with E-state index in [2.05, 4.69) is 51.0 Å². The van der Waals surface area contributed by atoms with Gasteiger partial charge in [-0.15, -0.1) is 0 Å². The minimum absolute atomic E-state index is 0.0438. The Bertz CT molecular complexity index is 1840. The van der Waals surface area contributed by atoms with Gasteiger partial charge in [-0.25, -0.2) is 9.37 Å². The van der Waals surface area contributed by atoms with Gasteiger partial charge in [0.2, 0.25) is 0 Å². The molecule has 0 aliphatic rings. The number of fused-ring (bicyclic) bond motifs is 1. The summed E-state index contributed by atoms with van der Waals surface area (Å²) in [6, 6.07) is 21.3. The standard InChI is InChI=1S/C37H40FN5O3/c1-24-27(19-33(38)28-10-11-30(23-40-15-17-45)35(20-28)46-3)6-4-7-31(24)32-8-5-9-34(25(32)2)43-37-36-29(12-13-41-37)18-26(22-42-36)21-39-14-16-44/h4-13,18-20,22,39-40,44-45H,14-17,21,23H2,1-3H3,(H,41,43). The first-order chi connectivity index (χ1) is 22.4. The van der Waals surface area contributed by atoms with Crippen molar-refractivity contribution in [3.63, 3.8) is 0 Å². The van der Waals surface area contributed by atoms with E-state index in [0.29, 0.717) is 43.3 Å². The van der Waals surface area contributed by atoms with E-state index in [1.807, 2.05) is 49.5 Å². The number of ether oxygens (including phenoxy) is 1. The van der Waals surface area contributed by atoms with Crippen LogP contribution in [0, 0.1) is 13.8 Å². The van der Waals surface area contributed by atoms with E-state index in [0.717, 1.165) is 55.5 Å². The quantitative estimate of drug-likeness (QED) is 0.0726. The van der Waals surface area contributed by atoms with Crippen molar-refractivity contribution in [2.24, 2.45) is 0 Å². The van der Waals surface area contributed by atoms with E-state index >= 15 is 4.39 Å². The van der Waals surface area contributed by atoms with Crippen LogP contribution in [0.5, 0.6) is 5.75 Å². The number of aliphatic hydroxyl groups is 2. The number of aliphatic hydroxyl groups excluding tert-OH is 2. The first kappa shape index (κ1) is 32.7. The third-order valence-electron chi connectivity index (χ3n) is 7.98. The van der Waals surface area contributed by atoms with Gasteiger partial charge in [0.25, 0.3) is 0 Å². The Morgan fingerprint density at radius 2 is 1.61 bits per heavy atom. The molecule has 0 unspecified atom stereocenters. The average Bonchev–Trinajstić information content (AvgIpc) is 3.07. The first-order valence-electron chi connectivity index (χ1n) is 15.3. The average molecular weight is 622 g/mol. The highest BCUT2D eigenvalue weighted by Gasteiger charge is 2.14. The number of halogens is 1. The summed E-state index contributed by atoms with van der Waals surface area (Å²) in [4.78, 5) is 9.27. The third kappa shape index (κ3) is 7.58. The number of anilines is 2. The lowest BCUT2D eigenvalue weighted by Gasteiger charge is -2.17. The number of hydrogen-bond acceptors (Lipinski definition) is 8. The maximum atomic E-state index is 15.6. The molecule has 0 spiro atoms. The van der Waals surface area contributed by atoms with Crippen LogP contribution in [0.1, 0.15) is 33.4 Å². The van der Waals surface area contributed by atoms with Crippen molar-refractivity contribution < 1.29 is 19.3 Å². The molecule has 9 heteroatoms. The van der Waals surface area contributed by atoms with Gasteiger partial charge in [0.05, 0.1) is 20.3 Å². The summed E-state index contributed by atoms with van der Waals surface area (Å²) in [5.41, 5.74) is 8.83. The lowest BCUT2D eigenvalue weighted by atomic mass is 9.92. The fourth-order valence-corrected chi connectivity index (χ4v) is 5.46. The SMILES string of the molecule is COc1cc(C(F)=Cc2cccc(-c3cccc(Nc4nccc5cc(CNCCO)cnc45)c3C)c2C)ccc1CNCCO. The lowest BCUT2D eigenvalue weighted by Crippen LogP contribution is -2.17. The van der Waals surface area contributed by atoms with Gasteiger partial charge < -0.3 is 30.9 Å². The fraction of sp³-hybridized carbons (Fsp3) is 0.243. The van der Waals surface area contributed by atoms with Gasteiger partial charge in [-0.05, 0) is 77.6 Å². The number of methoxy groups -OCH3 is 1. The molecule has 0 saturated carbocycles. The highest BCUT2D eigenvalue weighted by molar-refractivity contribution is 5.91. The number of nitrogens with zero attached hydrogens (tertiary/aromatic N) is 2. The van der Waals surface area contributed by atoms with Crippen LogP contribution in [-0.4, -0.2) is 53.6 Å². The van der Waals surface area contributed by atoms with Crippen LogP contribution in [0.3, 0.4) is 0 Å². The summed E-state index contributed by atoms with van der Waals surface area (Å²) in [5.74, 6) is 0.888. The number of aromatic nitrogens is 2. The Kier molecular flexibility index (Phi) is 11.1. The van der Waals surface area contributed by atoms with Gasteiger partial charge in [-0.3, -0.25) is 4.98 Å². The van der Waals surface area contributed by atoms with Gasteiger partial charge in [0.1, 0.15) is 17.1 Å². The summed E-state index contributed by atoms with van der Waals surface area (Å²) in [5, 5.41) is 28.8. The highest BCUT2D eigenvalue weighted by Crippen LogP contribution is 2.35. The molecule has 0 radical (unpaired) electrons. The zero-order valence-electron chi connectivity index (χ0n) is 26.4. The number of nitrogens with one attached hydrogen (secondary N) is 3. The Hall–Kier alpha value is -4.67. The van der Waals surface area contributed by atoms with Crippen molar-refractivity contribution in [3.8, 4) is 16.9 Å². The summed E-state index contributed by atoms with van der Waals surface area (Å²) in [6.07, 6.45) is 5.15. The highest BCUT2D eigenvalue weighted by atomic mass is 19.1. The molecule has 2 aromatic heterocycles. The van der Waals surface area contributed by atoms with Crippen molar-refractivity contribution in [2.75, 3.05) is 38.7 Å². The molecular formula is C37H40FN5O3. The molecule has 0 amide bonds. The Labute approximate surface area is 269 Å². The summed E-state index contributed by atoms with van der Waals surface area (Å²) in [6.45, 7) is 6.34. The monoisotopic (exact) mass is 621 g/mol. The smallest absolute Gasteiger partial charge is 0.156 e. The molecule has 0 aliphatic heterocycles. The molecule has 0 fully saturated rings. The van der Waals surface area contributed by atoms with Gasteiger partial charge >= 0.3 is 0 Å². The molecule has 5 N–H and O–H groups in total. The Morgan fingerprint density at radius 3 is 2.37 bits per heavy atom. The van der Waals surface area contributed by atoms with Gasteiger partial charge in [0, 0.05) is 60.8 Å². The van der Waals surface area contributed by atoms with Crippen LogP contribution in [0.25, 0.3) is 33.9 Å². The van der Waals surface area contributed by atoms with E-state index in [4.69, 9.17) is 14.9 Å². The summed E-state index contributed by atoms with van der Waals surface area (Å²) in [7, 11) is 1.57. The minimum atomic E-state index is -0.359. The molecule has 0 aliphatic carbocycles. The van der Waals surface area contributed by atoms with Crippen molar-refractivity contribution in [2.45, 2.75) is 26.9 Å². The van der Waals surface area contributed by atoms with Crippen molar-refractivity contribution in [1.29, 1.82) is 0 Å². The van der Waals surface area contributed by atoms with Crippen LogP contribution >= 0.6 is 0 Å². The van der Waals surface area contributed by atoms with E-state index in [9.17, 15) is 0 Å². The first-order valence-corrected chi connectivity index (χ1v) is 15.3. The Balaban J connectivity index is 1.41. The third-order valence-corrected chi connectivity index (χ3v) is 7.98. The molecule has 46 heavy (non-hydrogen) atoms. The topological polar surface area (TPSA) is 112 Å². The van der Waals surface area contributed by atoms with E-state index < -0.39 is 0 Å². The predicted molar refractivity (Wildman–Crippen MR) is 184 cm³/mol. The molecule has 2 heterocycles. The molecular weight excluding hydrogens is 581 g/mol. The maximum absolute atomic E-state index is 15.6. The van der Waals surface area contributed by atoms with Gasteiger partial charge in [-0.1, -0.05) is 42.5 Å². The summed E-state index contributed by atoms with van der Waals surface area (Å²) >= 11 is 0. The molecule has 0 saturated heterocycles. The van der Waals surface area contributed by atoms with E-state index in [1.165, 1.54) is 0 Å². The zero-order valence-corrected chi connectivity index (χ0v) is 26.4. The minimum Gasteiger partial charge on any atom is -0.496 e. The molecule has 0 atom stereocenters. The van der Waals surface area contributed by atoms with E-state index in [1.54, 1.807) is 31.5 Å². The van der Waals surface area contributed by atoms with Crippen LogP contribution in [0.15, 0.2) is 79.1 Å². The zero-order chi connectivity index (χ0) is 32.5. The van der Waals surface area contributed by atoms with Gasteiger partial charge in [0.15, 0.2) is 5.82 Å². The number of benzene rings is 3. The molecule has 238 valence electrons. The second kappa shape index (κ2) is 15.6. The normalized spacial score (nSPS) is 11.7. The van der Waals surface area contributed by atoms with E-state index in [-0.39, 0.29) is 19.0 Å². The maximum Gasteiger partial charge on any atom is 0.156 e. The van der Waals surface area contributed by atoms with Crippen molar-refractivity contribution in [1.82, 2.24) is 20.6 Å². The molecule has 3 aromatic carbocycles. The predicted octanol–water partition coefficient (Wildman–Crippen LogP) is 6.30. The second-order valence-electron chi connectivity index (χ2n) is 11.0. The second-order valence-corrected chi connectivity index (χ2v) is 11.0. The van der Waals surface area contributed by atoms with Crippen LogP contribution in [-0.2, 0) is 13.1 Å². The number of pyridine rings is 2. The van der Waals surface area contributed by atoms with Crippen LogP contribution in [0.4, 0.5) is 15.9 Å². The van der Waals surface area contributed by atoms with Crippen LogP contribution < -0.4 is 20.7 Å².